The fourth-order valence-corrected chi connectivity index (χ4v) is 2.56. The SMILES string of the molecule is COc1cc(C)cc(C)c1-c1cnc2ccc(Cl)nc2n1. The van der Waals surface area contributed by atoms with Crippen molar-refractivity contribution < 1.29 is 4.74 Å². The molecular weight excluding hydrogens is 286 g/mol. The summed E-state index contributed by atoms with van der Waals surface area (Å²) in [4.78, 5) is 13.2. The van der Waals surface area contributed by atoms with Crippen molar-refractivity contribution in [2.24, 2.45) is 0 Å². The van der Waals surface area contributed by atoms with Crippen molar-refractivity contribution in [2.45, 2.75) is 13.8 Å². The first kappa shape index (κ1) is 13.8. The molecule has 1 aromatic carbocycles. The highest BCUT2D eigenvalue weighted by atomic mass is 35.5. The molecule has 0 aliphatic carbocycles. The summed E-state index contributed by atoms with van der Waals surface area (Å²) in [5.74, 6) is 0.781. The van der Waals surface area contributed by atoms with Crippen LogP contribution in [0, 0.1) is 13.8 Å². The van der Waals surface area contributed by atoms with E-state index in [9.17, 15) is 0 Å². The molecule has 0 radical (unpaired) electrons. The van der Waals surface area contributed by atoms with E-state index in [0.29, 0.717) is 16.3 Å². The molecule has 0 atom stereocenters. The van der Waals surface area contributed by atoms with Gasteiger partial charge in [-0.2, -0.15) is 0 Å². The molecule has 2 heterocycles. The number of pyridine rings is 1. The molecule has 0 saturated heterocycles. The van der Waals surface area contributed by atoms with Crippen molar-refractivity contribution in [1.82, 2.24) is 15.0 Å². The van der Waals surface area contributed by atoms with Crippen molar-refractivity contribution in [3.8, 4) is 17.0 Å². The second kappa shape index (κ2) is 5.30. The lowest BCUT2D eigenvalue weighted by molar-refractivity contribution is 0.415. The van der Waals surface area contributed by atoms with Crippen molar-refractivity contribution in [3.63, 3.8) is 0 Å². The average Bonchev–Trinajstić information content (AvgIpc) is 2.45. The van der Waals surface area contributed by atoms with E-state index in [4.69, 9.17) is 16.3 Å². The van der Waals surface area contributed by atoms with Crippen LogP contribution in [0.25, 0.3) is 22.4 Å². The van der Waals surface area contributed by atoms with Gasteiger partial charge in [-0.15, -0.1) is 0 Å². The second-order valence-corrected chi connectivity index (χ2v) is 5.28. The Labute approximate surface area is 127 Å². The van der Waals surface area contributed by atoms with Crippen molar-refractivity contribution in [2.75, 3.05) is 7.11 Å². The van der Waals surface area contributed by atoms with Crippen LogP contribution in [0.3, 0.4) is 0 Å². The number of nitrogens with zero attached hydrogens (tertiary/aromatic N) is 3. The minimum atomic E-state index is 0.404. The summed E-state index contributed by atoms with van der Waals surface area (Å²) in [7, 11) is 1.65. The Morgan fingerprint density at radius 2 is 1.90 bits per heavy atom. The molecule has 3 rings (SSSR count). The van der Waals surface area contributed by atoms with Crippen LogP contribution in [-0.2, 0) is 0 Å². The number of hydrogen-bond donors (Lipinski definition) is 0. The summed E-state index contributed by atoms with van der Waals surface area (Å²) in [5, 5.41) is 0.404. The Bertz CT molecular complexity index is 833. The van der Waals surface area contributed by atoms with E-state index >= 15 is 0 Å². The number of benzene rings is 1. The molecule has 0 saturated carbocycles. The summed E-state index contributed by atoms with van der Waals surface area (Å²) >= 11 is 5.92. The first-order chi connectivity index (χ1) is 10.1. The molecule has 0 spiro atoms. The highest BCUT2D eigenvalue weighted by Crippen LogP contribution is 2.33. The minimum absolute atomic E-state index is 0.404. The van der Waals surface area contributed by atoms with E-state index in [-0.39, 0.29) is 0 Å². The van der Waals surface area contributed by atoms with Crippen LogP contribution < -0.4 is 4.74 Å². The Morgan fingerprint density at radius 3 is 2.67 bits per heavy atom. The highest BCUT2D eigenvalue weighted by Gasteiger charge is 2.13. The molecule has 0 fully saturated rings. The Morgan fingerprint density at radius 1 is 1.10 bits per heavy atom. The summed E-state index contributed by atoms with van der Waals surface area (Å²) in [6.07, 6.45) is 1.73. The Hall–Kier alpha value is -2.20. The third-order valence-corrected chi connectivity index (χ3v) is 3.50. The van der Waals surface area contributed by atoms with Crippen molar-refractivity contribution in [3.05, 3.63) is 46.7 Å². The van der Waals surface area contributed by atoms with Gasteiger partial charge >= 0.3 is 0 Å². The van der Waals surface area contributed by atoms with E-state index in [1.165, 1.54) is 0 Å². The first-order valence-electron chi connectivity index (χ1n) is 6.53. The van der Waals surface area contributed by atoms with Crippen molar-refractivity contribution >= 4 is 22.8 Å². The summed E-state index contributed by atoms with van der Waals surface area (Å²) in [6.45, 7) is 4.06. The predicted molar refractivity (Wildman–Crippen MR) is 83.8 cm³/mol. The monoisotopic (exact) mass is 299 g/mol. The normalized spacial score (nSPS) is 10.9. The minimum Gasteiger partial charge on any atom is -0.496 e. The van der Waals surface area contributed by atoms with Gasteiger partial charge in [0.05, 0.1) is 19.0 Å². The van der Waals surface area contributed by atoms with E-state index in [1.54, 1.807) is 25.4 Å². The number of aryl methyl sites for hydroxylation is 2. The topological polar surface area (TPSA) is 47.9 Å². The zero-order chi connectivity index (χ0) is 15.0. The maximum Gasteiger partial charge on any atom is 0.180 e. The van der Waals surface area contributed by atoms with Crippen LogP contribution in [-0.4, -0.2) is 22.1 Å². The molecule has 5 heteroatoms. The maximum atomic E-state index is 5.92. The third kappa shape index (κ3) is 2.54. The number of hydrogen-bond acceptors (Lipinski definition) is 4. The molecule has 0 aliphatic heterocycles. The number of methoxy groups -OCH3 is 1. The van der Waals surface area contributed by atoms with Gasteiger partial charge in [0.25, 0.3) is 0 Å². The zero-order valence-corrected chi connectivity index (χ0v) is 12.8. The largest absolute Gasteiger partial charge is 0.496 e. The van der Waals surface area contributed by atoms with Gasteiger partial charge in [0.2, 0.25) is 0 Å². The van der Waals surface area contributed by atoms with Crippen LogP contribution in [0.1, 0.15) is 11.1 Å². The van der Waals surface area contributed by atoms with E-state index in [0.717, 1.165) is 28.1 Å². The average molecular weight is 300 g/mol. The van der Waals surface area contributed by atoms with Gasteiger partial charge < -0.3 is 4.74 Å². The standard InChI is InChI=1S/C16H14ClN3O/c1-9-6-10(2)15(13(7-9)21-3)12-8-18-11-4-5-14(17)20-16(11)19-12/h4-8H,1-3H3. The van der Waals surface area contributed by atoms with Gasteiger partial charge in [-0.25, -0.2) is 9.97 Å². The van der Waals surface area contributed by atoms with Crippen LogP contribution in [0.2, 0.25) is 5.15 Å². The van der Waals surface area contributed by atoms with Crippen molar-refractivity contribution in [1.29, 1.82) is 0 Å². The number of ether oxygens (including phenoxy) is 1. The van der Waals surface area contributed by atoms with E-state index in [2.05, 4.69) is 21.0 Å². The van der Waals surface area contributed by atoms with Crippen LogP contribution in [0.5, 0.6) is 5.75 Å². The van der Waals surface area contributed by atoms with E-state index < -0.39 is 0 Å². The fraction of sp³-hybridized carbons (Fsp3) is 0.188. The number of fused-ring (bicyclic) bond motifs is 1. The zero-order valence-electron chi connectivity index (χ0n) is 12.0. The van der Waals surface area contributed by atoms with Gasteiger partial charge in [-0.05, 0) is 43.2 Å². The van der Waals surface area contributed by atoms with Gasteiger partial charge in [-0.3, -0.25) is 4.98 Å². The van der Waals surface area contributed by atoms with Crippen LogP contribution >= 0.6 is 11.6 Å². The molecule has 3 aromatic rings. The molecule has 0 N–H and O–H groups in total. The lowest BCUT2D eigenvalue weighted by Gasteiger charge is -2.12. The lowest BCUT2D eigenvalue weighted by Crippen LogP contribution is -1.97. The smallest absolute Gasteiger partial charge is 0.180 e. The molecule has 0 bridgehead atoms. The highest BCUT2D eigenvalue weighted by molar-refractivity contribution is 6.29. The fourth-order valence-electron chi connectivity index (χ4n) is 2.41. The third-order valence-electron chi connectivity index (χ3n) is 3.29. The quantitative estimate of drug-likeness (QED) is 0.672. The molecule has 4 nitrogen and oxygen atoms in total. The van der Waals surface area contributed by atoms with Gasteiger partial charge in [0.15, 0.2) is 5.65 Å². The predicted octanol–water partition coefficient (Wildman–Crippen LogP) is 3.97. The van der Waals surface area contributed by atoms with Gasteiger partial charge in [0, 0.05) is 5.56 Å². The number of rotatable bonds is 2. The Balaban J connectivity index is 2.25. The molecule has 0 amide bonds. The van der Waals surface area contributed by atoms with Crippen LogP contribution in [0.15, 0.2) is 30.5 Å². The number of aromatic nitrogens is 3. The molecular formula is C16H14ClN3O. The van der Waals surface area contributed by atoms with Gasteiger partial charge in [0.1, 0.15) is 16.4 Å². The first-order valence-corrected chi connectivity index (χ1v) is 6.91. The molecule has 106 valence electrons. The molecule has 0 unspecified atom stereocenters. The van der Waals surface area contributed by atoms with Gasteiger partial charge in [-0.1, -0.05) is 17.7 Å². The molecule has 2 aromatic heterocycles. The molecule has 0 aliphatic rings. The van der Waals surface area contributed by atoms with Crippen LogP contribution in [0.4, 0.5) is 0 Å². The summed E-state index contributed by atoms with van der Waals surface area (Å²) in [6, 6.07) is 7.59. The number of halogens is 1. The molecule has 21 heavy (non-hydrogen) atoms. The Kier molecular flexibility index (Phi) is 3.47. The van der Waals surface area contributed by atoms with E-state index in [1.807, 2.05) is 19.9 Å². The second-order valence-electron chi connectivity index (χ2n) is 4.89. The summed E-state index contributed by atoms with van der Waals surface area (Å²) in [5.41, 5.74) is 5.13. The maximum absolute atomic E-state index is 5.92. The summed E-state index contributed by atoms with van der Waals surface area (Å²) < 4.78 is 5.48. The lowest BCUT2D eigenvalue weighted by atomic mass is 10.0.